The highest BCUT2D eigenvalue weighted by Crippen LogP contribution is 2.11. The molecule has 1 nitrogen and oxygen atoms in total. The third kappa shape index (κ3) is 4.04. The first kappa shape index (κ1) is 12.6. The van der Waals surface area contributed by atoms with Crippen molar-refractivity contribution in [2.45, 2.75) is 27.7 Å². The topological polar surface area (TPSA) is 12.4 Å². The van der Waals surface area contributed by atoms with Gasteiger partial charge in [0.2, 0.25) is 0 Å². The van der Waals surface area contributed by atoms with Gasteiger partial charge < -0.3 is 0 Å². The average molecular weight is 189 g/mol. The molecule has 0 saturated carbocycles. The van der Waals surface area contributed by atoms with Crippen molar-refractivity contribution < 1.29 is 0 Å². The molecule has 0 aliphatic heterocycles. The fraction of sp³-hybridized carbons (Fsp3) is 0.308. The lowest BCUT2D eigenvalue weighted by molar-refractivity contribution is 1.37. The summed E-state index contributed by atoms with van der Waals surface area (Å²) in [7, 11) is 0. The molecule has 0 saturated heterocycles. The van der Waals surface area contributed by atoms with Crippen LogP contribution in [-0.4, -0.2) is 6.72 Å². The Hall–Kier alpha value is -1.37. The molecule has 1 aromatic carbocycles. The van der Waals surface area contributed by atoms with Crippen molar-refractivity contribution >= 4 is 12.8 Å². The predicted octanol–water partition coefficient (Wildman–Crippen LogP) is 4.00. The van der Waals surface area contributed by atoms with Crippen molar-refractivity contribution in [2.75, 3.05) is 0 Å². The second-order valence-corrected chi connectivity index (χ2v) is 2.86. The Morgan fingerprint density at radius 3 is 2.43 bits per heavy atom. The fourth-order valence-electron chi connectivity index (χ4n) is 1.07. The van der Waals surface area contributed by atoms with Gasteiger partial charge in [0.1, 0.15) is 0 Å². The van der Waals surface area contributed by atoms with Crippen LogP contribution in [0.1, 0.15) is 30.5 Å². The molecule has 0 heterocycles. The summed E-state index contributed by atoms with van der Waals surface area (Å²) in [5, 5.41) is 0. The smallest absolute Gasteiger partial charge is 0.0266 e. The van der Waals surface area contributed by atoms with Crippen LogP contribution in [0.3, 0.4) is 0 Å². The highest BCUT2D eigenvalue weighted by Gasteiger charge is 1.92. The highest BCUT2D eigenvalue weighted by atomic mass is 14.6. The van der Waals surface area contributed by atoms with Crippen molar-refractivity contribution in [2.24, 2.45) is 4.99 Å². The summed E-state index contributed by atoms with van der Waals surface area (Å²) in [6, 6.07) is 6.35. The lowest BCUT2D eigenvalue weighted by atomic mass is 10.1. The number of nitrogens with zero attached hydrogens (tertiary/aromatic N) is 1. The Bertz CT molecular complexity index is 311. The van der Waals surface area contributed by atoms with E-state index >= 15 is 0 Å². The van der Waals surface area contributed by atoms with Crippen LogP contribution in [0.15, 0.2) is 29.4 Å². The minimum Gasteiger partial charge on any atom is -0.272 e. The Labute approximate surface area is 87.2 Å². The lowest BCUT2D eigenvalue weighted by Gasteiger charge is -2.00. The van der Waals surface area contributed by atoms with Crippen LogP contribution in [0.4, 0.5) is 0 Å². The normalized spacial score (nSPS) is 9.43. The van der Waals surface area contributed by atoms with Crippen LogP contribution >= 0.6 is 0 Å². The summed E-state index contributed by atoms with van der Waals surface area (Å²) in [5.41, 5.74) is 3.74. The molecule has 1 rings (SSSR count). The summed E-state index contributed by atoms with van der Waals surface area (Å²) in [6.07, 6.45) is 3.68. The largest absolute Gasteiger partial charge is 0.272 e. The molecule has 1 aromatic rings. The fourth-order valence-corrected chi connectivity index (χ4v) is 1.07. The molecular weight excluding hydrogens is 170 g/mol. The summed E-state index contributed by atoms with van der Waals surface area (Å²) in [4.78, 5) is 3.67. The Morgan fingerprint density at radius 1 is 1.21 bits per heavy atom. The molecule has 0 spiro atoms. The van der Waals surface area contributed by atoms with Crippen LogP contribution in [0.2, 0.25) is 0 Å². The van der Waals surface area contributed by atoms with Gasteiger partial charge in [0.15, 0.2) is 0 Å². The minimum absolute atomic E-state index is 1.21. The van der Waals surface area contributed by atoms with Crippen molar-refractivity contribution in [3.63, 3.8) is 0 Å². The highest BCUT2D eigenvalue weighted by molar-refractivity contribution is 5.55. The number of aryl methyl sites for hydroxylation is 2. The summed E-state index contributed by atoms with van der Waals surface area (Å²) in [6.45, 7) is 11.6. The van der Waals surface area contributed by atoms with Crippen molar-refractivity contribution in [1.29, 1.82) is 0 Å². The van der Waals surface area contributed by atoms with E-state index in [0.29, 0.717) is 0 Å². The maximum atomic E-state index is 3.67. The lowest BCUT2D eigenvalue weighted by Crippen LogP contribution is -1.81. The van der Waals surface area contributed by atoms with Crippen LogP contribution in [0.5, 0.6) is 0 Å². The first-order chi connectivity index (χ1) is 6.74. The molecule has 0 amide bonds. The molecule has 1 heteroatoms. The van der Waals surface area contributed by atoms with Gasteiger partial charge in [-0.3, -0.25) is 4.99 Å². The standard InChI is InChI=1S/C11H13N.C2H6/c1-9-4-5-10(2)11(8-9)6-7-12-3;1-2/h4-8H,3H2,1-2H3;1-2H3/b7-6-;. The van der Waals surface area contributed by atoms with E-state index in [9.17, 15) is 0 Å². The van der Waals surface area contributed by atoms with Gasteiger partial charge >= 0.3 is 0 Å². The number of aliphatic imine (C=N–C) groups is 1. The van der Waals surface area contributed by atoms with Gasteiger partial charge in [-0.1, -0.05) is 37.6 Å². The third-order valence-corrected chi connectivity index (χ3v) is 1.79. The van der Waals surface area contributed by atoms with E-state index in [1.807, 2.05) is 19.9 Å². The molecule has 76 valence electrons. The Balaban J connectivity index is 0.000000791. The van der Waals surface area contributed by atoms with Crippen molar-refractivity contribution in [1.82, 2.24) is 0 Å². The molecule has 0 N–H and O–H groups in total. The molecule has 14 heavy (non-hydrogen) atoms. The number of benzene rings is 1. The molecule has 0 aliphatic carbocycles. The maximum Gasteiger partial charge on any atom is 0.0266 e. The molecule has 0 unspecified atom stereocenters. The second-order valence-electron chi connectivity index (χ2n) is 2.86. The zero-order valence-corrected chi connectivity index (χ0v) is 9.54. The van der Waals surface area contributed by atoms with E-state index in [4.69, 9.17) is 0 Å². The number of rotatable bonds is 2. The zero-order chi connectivity index (χ0) is 11.0. The van der Waals surface area contributed by atoms with Crippen molar-refractivity contribution in [3.8, 4) is 0 Å². The Kier molecular flexibility index (Phi) is 6.38. The number of hydrogen-bond acceptors (Lipinski definition) is 1. The summed E-state index contributed by atoms with van der Waals surface area (Å²) in [5.74, 6) is 0. The van der Waals surface area contributed by atoms with Crippen LogP contribution in [-0.2, 0) is 0 Å². The summed E-state index contributed by atoms with van der Waals surface area (Å²) < 4.78 is 0. The van der Waals surface area contributed by atoms with Gasteiger partial charge in [-0.25, -0.2) is 0 Å². The number of hydrogen-bond donors (Lipinski definition) is 0. The molecule has 0 atom stereocenters. The third-order valence-electron chi connectivity index (χ3n) is 1.79. The van der Waals surface area contributed by atoms with Crippen LogP contribution < -0.4 is 0 Å². The first-order valence-electron chi connectivity index (χ1n) is 4.93. The zero-order valence-electron chi connectivity index (χ0n) is 9.54. The van der Waals surface area contributed by atoms with Crippen LogP contribution in [0.25, 0.3) is 6.08 Å². The SMILES string of the molecule is C=N/C=C\c1cc(C)ccc1C.CC. The molecule has 0 aromatic heterocycles. The van der Waals surface area contributed by atoms with E-state index in [2.05, 4.69) is 43.8 Å². The summed E-state index contributed by atoms with van der Waals surface area (Å²) >= 11 is 0. The second kappa shape index (κ2) is 7.07. The average Bonchev–Trinajstić information content (AvgIpc) is 2.22. The van der Waals surface area contributed by atoms with E-state index in [1.165, 1.54) is 16.7 Å². The van der Waals surface area contributed by atoms with E-state index in [1.54, 1.807) is 6.20 Å². The van der Waals surface area contributed by atoms with E-state index < -0.39 is 0 Å². The first-order valence-corrected chi connectivity index (χ1v) is 4.93. The van der Waals surface area contributed by atoms with Gasteiger partial charge in [0.25, 0.3) is 0 Å². The molecule has 0 fully saturated rings. The van der Waals surface area contributed by atoms with Gasteiger partial charge in [-0.05, 0) is 37.8 Å². The van der Waals surface area contributed by atoms with E-state index in [0.717, 1.165) is 0 Å². The van der Waals surface area contributed by atoms with Gasteiger partial charge in [0.05, 0.1) is 0 Å². The van der Waals surface area contributed by atoms with E-state index in [-0.39, 0.29) is 0 Å². The molecular formula is C13H19N. The quantitative estimate of drug-likeness (QED) is 0.623. The molecule has 0 bridgehead atoms. The van der Waals surface area contributed by atoms with Crippen LogP contribution in [0, 0.1) is 13.8 Å². The minimum atomic E-state index is 1.21. The Morgan fingerprint density at radius 2 is 1.86 bits per heavy atom. The van der Waals surface area contributed by atoms with Gasteiger partial charge in [-0.15, -0.1) is 0 Å². The predicted molar refractivity (Wildman–Crippen MR) is 65.8 cm³/mol. The molecule has 0 aliphatic rings. The maximum absolute atomic E-state index is 3.67. The van der Waals surface area contributed by atoms with Crippen molar-refractivity contribution in [3.05, 3.63) is 41.1 Å². The van der Waals surface area contributed by atoms with Gasteiger partial charge in [-0.2, -0.15) is 0 Å². The van der Waals surface area contributed by atoms with Gasteiger partial charge in [0, 0.05) is 6.20 Å². The molecule has 0 radical (unpaired) electrons. The monoisotopic (exact) mass is 189 g/mol.